The summed E-state index contributed by atoms with van der Waals surface area (Å²) in [7, 11) is 0. The van der Waals surface area contributed by atoms with Crippen molar-refractivity contribution in [2.75, 3.05) is 17.7 Å². The van der Waals surface area contributed by atoms with Crippen molar-refractivity contribution in [1.29, 1.82) is 0 Å². The average molecular weight is 194 g/mol. The molecule has 0 atom stereocenters. The van der Waals surface area contributed by atoms with E-state index in [9.17, 15) is 4.79 Å². The van der Waals surface area contributed by atoms with Gasteiger partial charge < -0.3 is 15.8 Å². The smallest absolute Gasteiger partial charge is 0.262 e. The third kappa shape index (κ3) is 2.16. The van der Waals surface area contributed by atoms with E-state index in [2.05, 4.69) is 5.32 Å². The zero-order chi connectivity index (χ0) is 10.6. The van der Waals surface area contributed by atoms with Gasteiger partial charge in [0.15, 0.2) is 6.61 Å². The number of carbonyl (C=O) groups is 1. The maximum atomic E-state index is 10.8. The Bertz CT molecular complexity index is 337. The van der Waals surface area contributed by atoms with Gasteiger partial charge in [-0.2, -0.15) is 0 Å². The molecule has 4 heteroatoms. The molecule has 2 rings (SSSR count). The Kier molecular flexibility index (Phi) is 3.34. The van der Waals surface area contributed by atoms with E-state index in [0.717, 1.165) is 0 Å². The molecule has 0 aliphatic carbocycles. The minimum absolute atomic E-state index is 0.0659. The van der Waals surface area contributed by atoms with Crippen LogP contribution in [0.2, 0.25) is 0 Å². The van der Waals surface area contributed by atoms with E-state index in [0.29, 0.717) is 17.1 Å². The Labute approximate surface area is 83.1 Å². The molecule has 76 valence electrons. The van der Waals surface area contributed by atoms with Crippen LogP contribution in [0, 0.1) is 0 Å². The van der Waals surface area contributed by atoms with Crippen molar-refractivity contribution in [3.05, 3.63) is 18.2 Å². The van der Waals surface area contributed by atoms with E-state index in [1.807, 2.05) is 13.8 Å². The molecular weight excluding hydrogens is 180 g/mol. The molecule has 0 aromatic heterocycles. The predicted molar refractivity (Wildman–Crippen MR) is 56.3 cm³/mol. The fourth-order valence-electron chi connectivity index (χ4n) is 1.09. The topological polar surface area (TPSA) is 64.3 Å². The number of nitrogens with two attached hydrogens (primary N) is 1. The number of carbonyl (C=O) groups excluding carboxylic acids is 1. The molecular formula is C10H14N2O2. The molecule has 1 aliphatic heterocycles. The largest absolute Gasteiger partial charge is 0.482 e. The summed E-state index contributed by atoms with van der Waals surface area (Å²) in [6.07, 6.45) is 0. The fraction of sp³-hybridized carbons (Fsp3) is 0.300. The van der Waals surface area contributed by atoms with Gasteiger partial charge >= 0.3 is 0 Å². The molecule has 0 fully saturated rings. The summed E-state index contributed by atoms with van der Waals surface area (Å²) < 4.78 is 5.12. The van der Waals surface area contributed by atoms with Crippen molar-refractivity contribution in [2.24, 2.45) is 0 Å². The summed E-state index contributed by atoms with van der Waals surface area (Å²) in [6.45, 7) is 4.07. The van der Waals surface area contributed by atoms with Gasteiger partial charge in [-0.15, -0.1) is 0 Å². The van der Waals surface area contributed by atoms with Crippen LogP contribution in [0.1, 0.15) is 13.8 Å². The first-order valence-electron chi connectivity index (χ1n) is 4.58. The maximum Gasteiger partial charge on any atom is 0.262 e. The van der Waals surface area contributed by atoms with Crippen LogP contribution >= 0.6 is 0 Å². The quantitative estimate of drug-likeness (QED) is 0.617. The molecule has 1 aliphatic rings. The molecule has 1 amide bonds. The average Bonchev–Trinajstić information content (AvgIpc) is 2.21. The number of ether oxygens (including phenoxy) is 1. The lowest BCUT2D eigenvalue weighted by molar-refractivity contribution is -0.118. The highest BCUT2D eigenvalue weighted by atomic mass is 16.5. The van der Waals surface area contributed by atoms with Crippen LogP contribution in [0.4, 0.5) is 11.4 Å². The van der Waals surface area contributed by atoms with E-state index in [1.165, 1.54) is 0 Å². The third-order valence-corrected chi connectivity index (χ3v) is 1.64. The van der Waals surface area contributed by atoms with Crippen molar-refractivity contribution < 1.29 is 9.53 Å². The summed E-state index contributed by atoms with van der Waals surface area (Å²) in [6, 6.07) is 5.13. The van der Waals surface area contributed by atoms with Gasteiger partial charge in [0.05, 0.1) is 5.69 Å². The van der Waals surface area contributed by atoms with Gasteiger partial charge in [0.1, 0.15) is 5.75 Å². The number of rotatable bonds is 0. The molecule has 0 unspecified atom stereocenters. The van der Waals surface area contributed by atoms with Crippen LogP contribution < -0.4 is 15.8 Å². The van der Waals surface area contributed by atoms with Crippen molar-refractivity contribution in [3.63, 3.8) is 0 Å². The molecule has 0 spiro atoms. The van der Waals surface area contributed by atoms with Crippen LogP contribution in [-0.4, -0.2) is 12.5 Å². The van der Waals surface area contributed by atoms with Gasteiger partial charge in [0.25, 0.3) is 5.91 Å². The highest BCUT2D eigenvalue weighted by Crippen LogP contribution is 2.28. The Hall–Kier alpha value is -1.71. The van der Waals surface area contributed by atoms with Crippen molar-refractivity contribution >= 4 is 17.3 Å². The number of benzene rings is 1. The first kappa shape index (κ1) is 10.4. The molecule has 4 nitrogen and oxygen atoms in total. The van der Waals surface area contributed by atoms with Crippen LogP contribution in [0.25, 0.3) is 0 Å². The summed E-state index contributed by atoms with van der Waals surface area (Å²) in [4.78, 5) is 10.8. The Morgan fingerprint density at radius 2 is 2.14 bits per heavy atom. The molecule has 0 saturated heterocycles. The van der Waals surface area contributed by atoms with Gasteiger partial charge in [-0.3, -0.25) is 4.79 Å². The standard InChI is InChI=1S/C8H8N2O2.C2H6/c9-5-1-2-6-7(3-5)12-4-8(11)10-6;1-2/h1-3H,4,9H2,(H,10,11);1-2H3. The van der Waals surface area contributed by atoms with E-state index in [1.54, 1.807) is 18.2 Å². The van der Waals surface area contributed by atoms with Crippen LogP contribution in [0.15, 0.2) is 18.2 Å². The number of hydrogen-bond acceptors (Lipinski definition) is 3. The Balaban J connectivity index is 0.000000461. The molecule has 0 radical (unpaired) electrons. The van der Waals surface area contributed by atoms with E-state index >= 15 is 0 Å². The van der Waals surface area contributed by atoms with E-state index in [-0.39, 0.29) is 12.5 Å². The molecule has 0 saturated carbocycles. The SMILES string of the molecule is CC.Nc1ccc2c(c1)OCC(=O)N2. The summed E-state index contributed by atoms with van der Waals surface area (Å²) in [5, 5.41) is 2.67. The van der Waals surface area contributed by atoms with Crippen LogP contribution in [-0.2, 0) is 4.79 Å². The number of hydrogen-bond donors (Lipinski definition) is 2. The fourth-order valence-corrected chi connectivity index (χ4v) is 1.09. The van der Waals surface area contributed by atoms with Crippen molar-refractivity contribution in [2.45, 2.75) is 13.8 Å². The van der Waals surface area contributed by atoms with Gasteiger partial charge in [-0.05, 0) is 12.1 Å². The molecule has 3 N–H and O–H groups in total. The number of amides is 1. The Morgan fingerprint density at radius 3 is 2.86 bits per heavy atom. The van der Waals surface area contributed by atoms with Gasteiger partial charge in [-0.25, -0.2) is 0 Å². The highest BCUT2D eigenvalue weighted by molar-refractivity contribution is 5.95. The Morgan fingerprint density at radius 1 is 1.43 bits per heavy atom. The molecule has 1 aromatic rings. The minimum Gasteiger partial charge on any atom is -0.482 e. The zero-order valence-corrected chi connectivity index (χ0v) is 8.33. The first-order chi connectivity index (χ1) is 6.75. The highest BCUT2D eigenvalue weighted by Gasteiger charge is 2.14. The van der Waals surface area contributed by atoms with Gasteiger partial charge in [0.2, 0.25) is 0 Å². The van der Waals surface area contributed by atoms with Gasteiger partial charge in [0, 0.05) is 11.8 Å². The normalized spacial score (nSPS) is 12.9. The van der Waals surface area contributed by atoms with Crippen molar-refractivity contribution in [1.82, 2.24) is 0 Å². The second-order valence-corrected chi connectivity index (χ2v) is 2.59. The molecule has 0 bridgehead atoms. The van der Waals surface area contributed by atoms with Crippen LogP contribution in [0.5, 0.6) is 5.75 Å². The first-order valence-corrected chi connectivity index (χ1v) is 4.58. The summed E-state index contributed by atoms with van der Waals surface area (Å²) >= 11 is 0. The van der Waals surface area contributed by atoms with Crippen LogP contribution in [0.3, 0.4) is 0 Å². The summed E-state index contributed by atoms with van der Waals surface area (Å²) in [5.74, 6) is 0.502. The number of fused-ring (bicyclic) bond motifs is 1. The third-order valence-electron chi connectivity index (χ3n) is 1.64. The number of nitrogen functional groups attached to an aromatic ring is 1. The lowest BCUT2D eigenvalue weighted by Gasteiger charge is -2.17. The van der Waals surface area contributed by atoms with Gasteiger partial charge in [-0.1, -0.05) is 13.8 Å². The minimum atomic E-state index is -0.132. The van der Waals surface area contributed by atoms with Crippen molar-refractivity contribution in [3.8, 4) is 5.75 Å². The second kappa shape index (κ2) is 4.50. The zero-order valence-electron chi connectivity index (χ0n) is 8.33. The number of anilines is 2. The monoisotopic (exact) mass is 194 g/mol. The maximum absolute atomic E-state index is 10.8. The predicted octanol–water partition coefficient (Wildman–Crippen LogP) is 1.63. The lowest BCUT2D eigenvalue weighted by atomic mass is 10.2. The summed E-state index contributed by atoms with van der Waals surface area (Å²) in [5.41, 5.74) is 6.83. The molecule has 1 heterocycles. The molecule has 14 heavy (non-hydrogen) atoms. The van der Waals surface area contributed by atoms with E-state index in [4.69, 9.17) is 10.5 Å². The van der Waals surface area contributed by atoms with E-state index < -0.39 is 0 Å². The second-order valence-electron chi connectivity index (χ2n) is 2.59. The lowest BCUT2D eigenvalue weighted by Crippen LogP contribution is -2.25. The molecule has 1 aromatic carbocycles. The number of nitrogens with one attached hydrogen (secondary N) is 1.